The van der Waals surface area contributed by atoms with Crippen LogP contribution in [-0.4, -0.2) is 32.5 Å². The van der Waals surface area contributed by atoms with Crippen molar-refractivity contribution in [1.29, 1.82) is 0 Å². The highest BCUT2D eigenvalue weighted by Gasteiger charge is 2.17. The van der Waals surface area contributed by atoms with Gasteiger partial charge in [0.05, 0.1) is 11.5 Å². The number of rotatable bonds is 10. The molecule has 0 rings (SSSR count). The van der Waals surface area contributed by atoms with Gasteiger partial charge >= 0.3 is 0 Å². The molecule has 0 aromatic heterocycles. The molecule has 0 spiro atoms. The van der Waals surface area contributed by atoms with Crippen molar-refractivity contribution in [3.63, 3.8) is 0 Å². The van der Waals surface area contributed by atoms with E-state index in [0.29, 0.717) is 11.5 Å². The van der Waals surface area contributed by atoms with Gasteiger partial charge in [0.2, 0.25) is 0 Å². The van der Waals surface area contributed by atoms with Gasteiger partial charge in [0.1, 0.15) is 0 Å². The van der Waals surface area contributed by atoms with E-state index in [2.05, 4.69) is 19.2 Å². The third-order valence-electron chi connectivity index (χ3n) is 2.58. The van der Waals surface area contributed by atoms with Crippen LogP contribution in [0.5, 0.6) is 0 Å². The van der Waals surface area contributed by atoms with Crippen molar-refractivity contribution in [2.75, 3.05) is 18.1 Å². The molecule has 0 amide bonds. The molecule has 0 radical (unpaired) electrons. The summed E-state index contributed by atoms with van der Waals surface area (Å²) in [6, 6.07) is 0.145. The van der Waals surface area contributed by atoms with Gasteiger partial charge in [-0.25, -0.2) is 8.42 Å². The summed E-state index contributed by atoms with van der Waals surface area (Å²) >= 11 is 0. The Kier molecular flexibility index (Phi) is 8.94. The molecule has 4 heteroatoms. The van der Waals surface area contributed by atoms with E-state index in [1.54, 1.807) is 0 Å². The lowest BCUT2D eigenvalue weighted by Crippen LogP contribution is -2.36. The molecule has 0 aromatic rings. The van der Waals surface area contributed by atoms with Gasteiger partial charge in [0.15, 0.2) is 9.84 Å². The van der Waals surface area contributed by atoms with Crippen molar-refractivity contribution in [1.82, 2.24) is 5.32 Å². The SMILES string of the molecule is CCCCS(=O)(=O)CC(CCC)NCCC. The van der Waals surface area contributed by atoms with Gasteiger partial charge in [-0.2, -0.15) is 0 Å². The average Bonchev–Trinajstić information content (AvgIpc) is 2.23. The van der Waals surface area contributed by atoms with Gasteiger partial charge < -0.3 is 5.32 Å². The van der Waals surface area contributed by atoms with Gasteiger partial charge in [-0.3, -0.25) is 0 Å². The maximum atomic E-state index is 11.8. The topological polar surface area (TPSA) is 46.2 Å². The Labute approximate surface area is 101 Å². The van der Waals surface area contributed by atoms with E-state index in [9.17, 15) is 8.42 Å². The van der Waals surface area contributed by atoms with Crippen LogP contribution in [-0.2, 0) is 9.84 Å². The molecule has 0 saturated heterocycles. The zero-order valence-corrected chi connectivity index (χ0v) is 11.8. The minimum absolute atomic E-state index is 0.145. The van der Waals surface area contributed by atoms with Gasteiger partial charge in [0.25, 0.3) is 0 Å². The predicted octanol–water partition coefficient (Wildman–Crippen LogP) is 2.37. The van der Waals surface area contributed by atoms with E-state index in [1.165, 1.54) is 0 Å². The minimum atomic E-state index is -2.86. The van der Waals surface area contributed by atoms with E-state index in [1.807, 2.05) is 6.92 Å². The first kappa shape index (κ1) is 15.9. The second-order valence-electron chi connectivity index (χ2n) is 4.41. The van der Waals surface area contributed by atoms with Gasteiger partial charge in [0, 0.05) is 6.04 Å². The molecule has 0 saturated carbocycles. The molecule has 98 valence electrons. The monoisotopic (exact) mass is 249 g/mol. The Morgan fingerprint density at radius 2 is 1.75 bits per heavy atom. The largest absolute Gasteiger partial charge is 0.313 e. The summed E-state index contributed by atoms with van der Waals surface area (Å²) in [7, 11) is -2.86. The quantitative estimate of drug-likeness (QED) is 0.646. The summed E-state index contributed by atoms with van der Waals surface area (Å²) in [5.41, 5.74) is 0. The number of nitrogens with one attached hydrogen (secondary N) is 1. The Balaban J connectivity index is 4.14. The van der Waals surface area contributed by atoms with Crippen molar-refractivity contribution in [2.45, 2.75) is 58.9 Å². The van der Waals surface area contributed by atoms with Crippen LogP contribution < -0.4 is 5.32 Å². The van der Waals surface area contributed by atoms with Crippen molar-refractivity contribution < 1.29 is 8.42 Å². The molecule has 16 heavy (non-hydrogen) atoms. The molecular weight excluding hydrogens is 222 g/mol. The third kappa shape index (κ3) is 8.11. The maximum absolute atomic E-state index is 11.8. The zero-order chi connectivity index (χ0) is 12.4. The second kappa shape index (κ2) is 8.99. The van der Waals surface area contributed by atoms with Gasteiger partial charge in [-0.05, 0) is 25.8 Å². The van der Waals surface area contributed by atoms with Crippen molar-refractivity contribution in [2.24, 2.45) is 0 Å². The highest BCUT2D eigenvalue weighted by molar-refractivity contribution is 7.91. The summed E-state index contributed by atoms with van der Waals surface area (Å²) < 4.78 is 23.6. The lowest BCUT2D eigenvalue weighted by atomic mass is 10.2. The highest BCUT2D eigenvalue weighted by atomic mass is 32.2. The zero-order valence-electron chi connectivity index (χ0n) is 11.0. The average molecular weight is 249 g/mol. The van der Waals surface area contributed by atoms with Crippen LogP contribution in [0.15, 0.2) is 0 Å². The van der Waals surface area contributed by atoms with Crippen molar-refractivity contribution in [3.05, 3.63) is 0 Å². The number of unbranched alkanes of at least 4 members (excludes halogenated alkanes) is 1. The third-order valence-corrected chi connectivity index (χ3v) is 4.41. The van der Waals surface area contributed by atoms with E-state index >= 15 is 0 Å². The van der Waals surface area contributed by atoms with Gasteiger partial charge in [-0.15, -0.1) is 0 Å². The van der Waals surface area contributed by atoms with E-state index in [4.69, 9.17) is 0 Å². The fourth-order valence-electron chi connectivity index (χ4n) is 1.70. The van der Waals surface area contributed by atoms with E-state index in [-0.39, 0.29) is 6.04 Å². The molecule has 0 aromatic carbocycles. The van der Waals surface area contributed by atoms with Crippen LogP contribution in [0.2, 0.25) is 0 Å². The molecule has 0 aliphatic carbocycles. The molecule has 0 aliphatic rings. The Morgan fingerprint density at radius 1 is 1.06 bits per heavy atom. The Hall–Kier alpha value is -0.0900. The molecule has 1 atom stereocenters. The van der Waals surface area contributed by atoms with E-state index < -0.39 is 9.84 Å². The first-order valence-electron chi connectivity index (χ1n) is 6.49. The van der Waals surface area contributed by atoms with Gasteiger partial charge in [-0.1, -0.05) is 33.6 Å². The number of hydrogen-bond donors (Lipinski definition) is 1. The molecule has 0 bridgehead atoms. The van der Waals surface area contributed by atoms with Crippen LogP contribution in [0.1, 0.15) is 52.9 Å². The minimum Gasteiger partial charge on any atom is -0.313 e. The predicted molar refractivity (Wildman–Crippen MR) is 70.6 cm³/mol. The molecular formula is C12H27NO2S. The van der Waals surface area contributed by atoms with Crippen LogP contribution >= 0.6 is 0 Å². The molecule has 0 fully saturated rings. The molecule has 1 N–H and O–H groups in total. The number of sulfone groups is 1. The molecule has 3 nitrogen and oxygen atoms in total. The van der Waals surface area contributed by atoms with Crippen molar-refractivity contribution in [3.8, 4) is 0 Å². The number of hydrogen-bond acceptors (Lipinski definition) is 3. The summed E-state index contributed by atoms with van der Waals surface area (Å²) in [5.74, 6) is 0.651. The van der Waals surface area contributed by atoms with E-state index in [0.717, 1.165) is 38.6 Å². The standard InChI is InChI=1S/C12H27NO2S/c1-4-7-10-16(14,15)11-12(8-5-2)13-9-6-3/h12-13H,4-11H2,1-3H3. The fourth-order valence-corrected chi connectivity index (χ4v) is 3.49. The Bertz CT molecular complexity index is 250. The Morgan fingerprint density at radius 3 is 2.25 bits per heavy atom. The second-order valence-corrected chi connectivity index (χ2v) is 6.64. The normalized spacial score (nSPS) is 13.9. The molecule has 1 unspecified atom stereocenters. The summed E-state index contributed by atoms with van der Waals surface area (Å²) in [5, 5.41) is 3.32. The first-order chi connectivity index (χ1) is 7.55. The molecule has 0 aliphatic heterocycles. The maximum Gasteiger partial charge on any atom is 0.151 e. The summed E-state index contributed by atoms with van der Waals surface area (Å²) in [4.78, 5) is 0. The fraction of sp³-hybridized carbons (Fsp3) is 1.00. The van der Waals surface area contributed by atoms with Crippen LogP contribution in [0.4, 0.5) is 0 Å². The van der Waals surface area contributed by atoms with Crippen LogP contribution in [0.3, 0.4) is 0 Å². The summed E-state index contributed by atoms with van der Waals surface area (Å²) in [6.45, 7) is 7.13. The highest BCUT2D eigenvalue weighted by Crippen LogP contribution is 2.05. The van der Waals surface area contributed by atoms with Crippen LogP contribution in [0.25, 0.3) is 0 Å². The van der Waals surface area contributed by atoms with Crippen LogP contribution in [0, 0.1) is 0 Å². The molecule has 0 heterocycles. The lowest BCUT2D eigenvalue weighted by molar-refractivity contribution is 0.499. The summed E-state index contributed by atoms with van der Waals surface area (Å²) in [6.07, 6.45) is 4.76. The smallest absolute Gasteiger partial charge is 0.151 e. The first-order valence-corrected chi connectivity index (χ1v) is 8.31. The van der Waals surface area contributed by atoms with Crippen molar-refractivity contribution >= 4 is 9.84 Å². The lowest BCUT2D eigenvalue weighted by Gasteiger charge is -2.17.